The fourth-order valence-electron chi connectivity index (χ4n) is 3.81. The lowest BCUT2D eigenvalue weighted by Gasteiger charge is -2.30. The molecule has 3 atom stereocenters. The molecule has 1 aliphatic rings. The van der Waals surface area contributed by atoms with Gasteiger partial charge in [0.15, 0.2) is 5.96 Å². The van der Waals surface area contributed by atoms with Gasteiger partial charge in [-0.25, -0.2) is 0 Å². The Kier molecular flexibility index (Phi) is 8.75. The summed E-state index contributed by atoms with van der Waals surface area (Å²) in [6.45, 7) is 3.23. The first-order valence-corrected chi connectivity index (χ1v) is 12.2. The average molecular weight is 428 g/mol. The van der Waals surface area contributed by atoms with Gasteiger partial charge in [0.05, 0.1) is 0 Å². The van der Waals surface area contributed by atoms with Crippen LogP contribution in [0.25, 0.3) is 0 Å². The minimum absolute atomic E-state index is 0.304. The summed E-state index contributed by atoms with van der Waals surface area (Å²) in [5.41, 5.74) is 2.29. The number of ether oxygens (including phenoxy) is 1. The summed E-state index contributed by atoms with van der Waals surface area (Å²) in [4.78, 5) is 4.37. The Bertz CT molecular complexity index is 841. The van der Waals surface area contributed by atoms with Gasteiger partial charge in [-0.2, -0.15) is 0 Å². The van der Waals surface area contributed by atoms with Gasteiger partial charge in [-0.05, 0) is 42.5 Å². The molecule has 3 rings (SSSR count). The quantitative estimate of drug-likeness (QED) is 0.494. The molecule has 0 aromatic heterocycles. The minimum Gasteiger partial charge on any atom is -0.489 e. The van der Waals surface area contributed by atoms with Crippen molar-refractivity contribution in [1.29, 1.82) is 0 Å². The Morgan fingerprint density at radius 3 is 2.70 bits per heavy atom. The van der Waals surface area contributed by atoms with E-state index in [1.807, 2.05) is 37.3 Å². The first-order valence-electron chi connectivity index (χ1n) is 10.8. The fraction of sp³-hybridized carbons (Fsp3) is 0.458. The van der Waals surface area contributed by atoms with Crippen molar-refractivity contribution in [3.8, 4) is 5.75 Å². The van der Waals surface area contributed by atoms with Crippen LogP contribution in [0.4, 0.5) is 0 Å². The molecule has 2 aromatic carbocycles. The van der Waals surface area contributed by atoms with E-state index < -0.39 is 10.8 Å². The molecule has 1 aliphatic carbocycles. The third-order valence-corrected chi connectivity index (χ3v) is 7.19. The van der Waals surface area contributed by atoms with Crippen LogP contribution < -0.4 is 15.4 Å². The molecule has 0 spiro atoms. The van der Waals surface area contributed by atoms with Crippen molar-refractivity contribution in [2.75, 3.05) is 12.8 Å². The normalized spacial score (nSPS) is 20.4. The molecule has 3 unspecified atom stereocenters. The molecule has 162 valence electrons. The van der Waals surface area contributed by atoms with E-state index in [4.69, 9.17) is 4.74 Å². The standard InChI is InChI=1S/C24H33N3O2S/c1-3-30(28)23-14-8-12-21(16-23)27-24(25-2)26-17-20-11-7-13-22(15-20)29-18-19-9-5-4-6-10-19/h4-7,9-11,13,15,21,23H,3,8,12,14,16-18H2,1-2H3,(H2,25,26,27). The predicted molar refractivity (Wildman–Crippen MR) is 125 cm³/mol. The van der Waals surface area contributed by atoms with Crippen molar-refractivity contribution in [3.63, 3.8) is 0 Å². The van der Waals surface area contributed by atoms with Gasteiger partial charge in [-0.1, -0.05) is 55.8 Å². The van der Waals surface area contributed by atoms with E-state index in [1.54, 1.807) is 7.05 Å². The van der Waals surface area contributed by atoms with E-state index in [2.05, 4.69) is 39.9 Å². The Balaban J connectivity index is 1.49. The van der Waals surface area contributed by atoms with Crippen LogP contribution >= 0.6 is 0 Å². The number of hydrogen-bond acceptors (Lipinski definition) is 3. The zero-order valence-electron chi connectivity index (χ0n) is 18.0. The second-order valence-electron chi connectivity index (χ2n) is 7.65. The molecule has 0 radical (unpaired) electrons. The third-order valence-electron chi connectivity index (χ3n) is 5.45. The summed E-state index contributed by atoms with van der Waals surface area (Å²) in [5.74, 6) is 2.39. The van der Waals surface area contributed by atoms with Gasteiger partial charge in [0.25, 0.3) is 0 Å². The molecule has 2 aromatic rings. The maximum atomic E-state index is 12.2. The van der Waals surface area contributed by atoms with Crippen LogP contribution in [-0.2, 0) is 24.0 Å². The third kappa shape index (κ3) is 6.87. The van der Waals surface area contributed by atoms with Crippen LogP contribution in [0.5, 0.6) is 5.75 Å². The monoisotopic (exact) mass is 427 g/mol. The van der Waals surface area contributed by atoms with Gasteiger partial charge in [0.1, 0.15) is 12.4 Å². The van der Waals surface area contributed by atoms with E-state index in [-0.39, 0.29) is 0 Å². The molecule has 1 fully saturated rings. The van der Waals surface area contributed by atoms with Crippen LogP contribution in [0.1, 0.15) is 43.7 Å². The van der Waals surface area contributed by atoms with Gasteiger partial charge in [0.2, 0.25) is 0 Å². The largest absolute Gasteiger partial charge is 0.489 e. The Labute approximate surface area is 182 Å². The number of nitrogens with one attached hydrogen (secondary N) is 2. The summed E-state index contributed by atoms with van der Waals surface area (Å²) in [6, 6.07) is 18.6. The highest BCUT2D eigenvalue weighted by molar-refractivity contribution is 7.85. The summed E-state index contributed by atoms with van der Waals surface area (Å²) in [5, 5.41) is 7.22. The highest BCUT2D eigenvalue weighted by Gasteiger charge is 2.26. The lowest BCUT2D eigenvalue weighted by molar-refractivity contribution is 0.306. The molecule has 5 nitrogen and oxygen atoms in total. The van der Waals surface area contributed by atoms with Crippen LogP contribution in [0.15, 0.2) is 59.6 Å². The number of nitrogens with zero attached hydrogens (tertiary/aromatic N) is 1. The van der Waals surface area contributed by atoms with Crippen molar-refractivity contribution in [2.45, 2.75) is 57.1 Å². The average Bonchev–Trinajstić information content (AvgIpc) is 2.81. The van der Waals surface area contributed by atoms with E-state index >= 15 is 0 Å². The van der Waals surface area contributed by atoms with Crippen molar-refractivity contribution in [2.24, 2.45) is 4.99 Å². The Morgan fingerprint density at radius 2 is 1.93 bits per heavy atom. The summed E-state index contributed by atoms with van der Waals surface area (Å²) >= 11 is 0. The van der Waals surface area contributed by atoms with E-state index in [1.165, 1.54) is 0 Å². The molecule has 0 heterocycles. The molecular formula is C24H33N3O2S. The van der Waals surface area contributed by atoms with E-state index in [0.29, 0.717) is 24.4 Å². The molecular weight excluding hydrogens is 394 g/mol. The van der Waals surface area contributed by atoms with Gasteiger partial charge in [-0.3, -0.25) is 9.20 Å². The maximum absolute atomic E-state index is 12.2. The van der Waals surface area contributed by atoms with Crippen LogP contribution in [0.3, 0.4) is 0 Å². The van der Waals surface area contributed by atoms with Crippen molar-refractivity contribution in [1.82, 2.24) is 10.6 Å². The lowest BCUT2D eigenvalue weighted by atomic mass is 9.95. The fourth-order valence-corrected chi connectivity index (χ4v) is 5.16. The van der Waals surface area contributed by atoms with Crippen LogP contribution in [0.2, 0.25) is 0 Å². The summed E-state index contributed by atoms with van der Waals surface area (Å²) < 4.78 is 18.1. The van der Waals surface area contributed by atoms with Gasteiger partial charge in [0, 0.05) is 41.4 Å². The minimum atomic E-state index is -0.717. The molecule has 0 amide bonds. The van der Waals surface area contributed by atoms with Gasteiger partial charge >= 0.3 is 0 Å². The molecule has 0 bridgehead atoms. The first-order chi connectivity index (χ1) is 14.7. The van der Waals surface area contributed by atoms with E-state index in [9.17, 15) is 4.21 Å². The molecule has 30 heavy (non-hydrogen) atoms. The Morgan fingerprint density at radius 1 is 1.13 bits per heavy atom. The number of benzene rings is 2. The molecule has 1 saturated carbocycles. The zero-order valence-corrected chi connectivity index (χ0v) is 18.8. The molecule has 0 saturated heterocycles. The smallest absolute Gasteiger partial charge is 0.191 e. The van der Waals surface area contributed by atoms with E-state index in [0.717, 1.165) is 54.3 Å². The molecule has 2 N–H and O–H groups in total. The van der Waals surface area contributed by atoms with Gasteiger partial charge in [-0.15, -0.1) is 0 Å². The van der Waals surface area contributed by atoms with Crippen LogP contribution in [0, 0.1) is 0 Å². The summed E-state index contributed by atoms with van der Waals surface area (Å²) in [6.07, 6.45) is 4.23. The molecule has 6 heteroatoms. The second kappa shape index (κ2) is 11.7. The number of rotatable bonds is 8. The Hall–Kier alpha value is -2.34. The predicted octanol–water partition coefficient (Wildman–Crippen LogP) is 4.01. The number of hydrogen-bond donors (Lipinski definition) is 2. The van der Waals surface area contributed by atoms with Gasteiger partial charge < -0.3 is 15.4 Å². The van der Waals surface area contributed by atoms with Crippen molar-refractivity contribution >= 4 is 16.8 Å². The molecule has 0 aliphatic heterocycles. The second-order valence-corrected chi connectivity index (χ2v) is 9.65. The SMILES string of the molecule is CCS(=O)C1CCCC(NC(=NC)NCc2cccc(OCc3ccccc3)c2)C1. The van der Waals surface area contributed by atoms with Crippen molar-refractivity contribution in [3.05, 3.63) is 65.7 Å². The number of guanidine groups is 1. The number of aliphatic imine (C=N–C) groups is 1. The van der Waals surface area contributed by atoms with Crippen molar-refractivity contribution < 1.29 is 8.95 Å². The van der Waals surface area contributed by atoms with Crippen LogP contribution in [-0.4, -0.2) is 34.3 Å². The zero-order chi connectivity index (χ0) is 21.2. The summed E-state index contributed by atoms with van der Waals surface area (Å²) in [7, 11) is 1.07. The highest BCUT2D eigenvalue weighted by Crippen LogP contribution is 2.23. The topological polar surface area (TPSA) is 62.7 Å². The highest BCUT2D eigenvalue weighted by atomic mass is 32.2. The lowest BCUT2D eigenvalue weighted by Crippen LogP contribution is -2.46. The maximum Gasteiger partial charge on any atom is 0.191 e. The first kappa shape index (κ1) is 22.3.